The third-order valence-electron chi connectivity index (χ3n) is 2.48. The van der Waals surface area contributed by atoms with Crippen molar-refractivity contribution in [2.45, 2.75) is 53.0 Å². The van der Waals surface area contributed by atoms with Crippen molar-refractivity contribution in [2.24, 2.45) is 17.6 Å². The molecule has 0 aliphatic heterocycles. The highest BCUT2D eigenvalue weighted by Crippen LogP contribution is 2.14. The van der Waals surface area contributed by atoms with Gasteiger partial charge in [-0.15, -0.1) is 0 Å². The van der Waals surface area contributed by atoms with Gasteiger partial charge in [-0.05, 0) is 25.2 Å². The molecule has 13 heavy (non-hydrogen) atoms. The Morgan fingerprint density at radius 1 is 1.23 bits per heavy atom. The second-order valence-corrected chi connectivity index (χ2v) is 4.15. The molecule has 2 nitrogen and oxygen atoms in total. The Morgan fingerprint density at radius 3 is 2.00 bits per heavy atom. The minimum absolute atomic E-state index is 0.175. The van der Waals surface area contributed by atoms with Crippen molar-refractivity contribution in [2.75, 3.05) is 0 Å². The molecule has 0 aromatic carbocycles. The Balaban J connectivity index is 4.07. The summed E-state index contributed by atoms with van der Waals surface area (Å²) in [6.07, 6.45) is 2.65. The molecule has 78 valence electrons. The fourth-order valence-corrected chi connectivity index (χ4v) is 1.62. The maximum atomic E-state index is 11.7. The molecule has 2 N–H and O–H groups in total. The number of hydrogen-bond donors (Lipinski definition) is 1. The zero-order valence-corrected chi connectivity index (χ0v) is 9.34. The predicted molar refractivity (Wildman–Crippen MR) is 56.5 cm³/mol. The minimum Gasteiger partial charge on any atom is -0.321 e. The van der Waals surface area contributed by atoms with Crippen molar-refractivity contribution in [3.63, 3.8) is 0 Å². The molecule has 0 saturated heterocycles. The standard InChI is InChI=1S/C11H23NO/c1-5-9(6-2)11(13)10(12)7-8(3)4/h8-10H,5-7,12H2,1-4H3. The molecule has 1 unspecified atom stereocenters. The van der Waals surface area contributed by atoms with Crippen LogP contribution in [0, 0.1) is 11.8 Å². The van der Waals surface area contributed by atoms with Crippen LogP contribution in [0.15, 0.2) is 0 Å². The summed E-state index contributed by atoms with van der Waals surface area (Å²) >= 11 is 0. The third-order valence-corrected chi connectivity index (χ3v) is 2.48. The summed E-state index contributed by atoms with van der Waals surface area (Å²) in [6, 6.07) is -0.245. The van der Waals surface area contributed by atoms with E-state index in [9.17, 15) is 4.79 Å². The molecule has 0 spiro atoms. The largest absolute Gasteiger partial charge is 0.321 e. The van der Waals surface area contributed by atoms with Gasteiger partial charge in [0.2, 0.25) is 0 Å². The van der Waals surface area contributed by atoms with E-state index >= 15 is 0 Å². The van der Waals surface area contributed by atoms with Gasteiger partial charge in [0.05, 0.1) is 6.04 Å². The molecule has 0 saturated carbocycles. The van der Waals surface area contributed by atoms with Crippen LogP contribution in [0.5, 0.6) is 0 Å². The van der Waals surface area contributed by atoms with E-state index in [1.165, 1.54) is 0 Å². The van der Waals surface area contributed by atoms with E-state index in [1.54, 1.807) is 0 Å². The molecule has 2 heteroatoms. The summed E-state index contributed by atoms with van der Waals surface area (Å²) in [6.45, 7) is 8.29. The first-order chi connectivity index (χ1) is 6.02. The molecule has 0 aromatic rings. The van der Waals surface area contributed by atoms with E-state index in [0.717, 1.165) is 19.3 Å². The molecule has 0 radical (unpaired) electrons. The molecule has 0 fully saturated rings. The van der Waals surface area contributed by atoms with Gasteiger partial charge in [0.15, 0.2) is 5.78 Å². The molecule has 0 aliphatic rings. The molecule has 0 aromatic heterocycles. The maximum Gasteiger partial charge on any atom is 0.152 e. The van der Waals surface area contributed by atoms with Gasteiger partial charge >= 0.3 is 0 Å². The van der Waals surface area contributed by atoms with Crippen molar-refractivity contribution >= 4 is 5.78 Å². The van der Waals surface area contributed by atoms with Crippen molar-refractivity contribution < 1.29 is 4.79 Å². The molecule has 0 amide bonds. The number of ketones is 1. The molecular weight excluding hydrogens is 162 g/mol. The second-order valence-electron chi connectivity index (χ2n) is 4.15. The Labute approximate surface area is 81.9 Å². The zero-order valence-electron chi connectivity index (χ0n) is 9.34. The number of rotatable bonds is 6. The summed E-state index contributed by atoms with van der Waals surface area (Å²) in [4.78, 5) is 11.7. The fourth-order valence-electron chi connectivity index (χ4n) is 1.62. The predicted octanol–water partition coefficient (Wildman–Crippen LogP) is 2.37. The van der Waals surface area contributed by atoms with Crippen molar-refractivity contribution in [3.8, 4) is 0 Å². The lowest BCUT2D eigenvalue weighted by molar-refractivity contribution is -0.124. The summed E-state index contributed by atoms with van der Waals surface area (Å²) in [5, 5.41) is 0. The average Bonchev–Trinajstić information content (AvgIpc) is 2.05. The van der Waals surface area contributed by atoms with E-state index < -0.39 is 0 Å². The third kappa shape index (κ3) is 4.41. The van der Waals surface area contributed by atoms with Gasteiger partial charge in [-0.3, -0.25) is 4.79 Å². The number of carbonyl (C=O) groups excluding carboxylic acids is 1. The molecule has 0 bridgehead atoms. The van der Waals surface area contributed by atoms with Gasteiger partial charge in [0, 0.05) is 5.92 Å². The highest BCUT2D eigenvalue weighted by Gasteiger charge is 2.21. The molecule has 0 aliphatic carbocycles. The quantitative estimate of drug-likeness (QED) is 0.690. The van der Waals surface area contributed by atoms with Crippen molar-refractivity contribution in [1.82, 2.24) is 0 Å². The maximum absolute atomic E-state index is 11.7. The molecular formula is C11H23NO. The lowest BCUT2D eigenvalue weighted by Gasteiger charge is -2.18. The van der Waals surface area contributed by atoms with Crippen LogP contribution in [0.4, 0.5) is 0 Å². The van der Waals surface area contributed by atoms with E-state index in [2.05, 4.69) is 13.8 Å². The fraction of sp³-hybridized carbons (Fsp3) is 0.909. The van der Waals surface area contributed by atoms with Crippen LogP contribution in [0.25, 0.3) is 0 Å². The van der Waals surface area contributed by atoms with Crippen LogP contribution in [0.1, 0.15) is 47.0 Å². The van der Waals surface area contributed by atoms with E-state index in [1.807, 2.05) is 13.8 Å². The first-order valence-corrected chi connectivity index (χ1v) is 5.32. The van der Waals surface area contributed by atoms with Gasteiger partial charge in [0.25, 0.3) is 0 Å². The highest BCUT2D eigenvalue weighted by molar-refractivity contribution is 5.85. The van der Waals surface area contributed by atoms with Crippen LogP contribution in [-0.4, -0.2) is 11.8 Å². The number of Topliss-reactive ketones (excluding diaryl/α,β-unsaturated/α-hetero) is 1. The van der Waals surface area contributed by atoms with E-state index in [4.69, 9.17) is 5.73 Å². The summed E-state index contributed by atoms with van der Waals surface area (Å²) in [7, 11) is 0. The number of hydrogen-bond acceptors (Lipinski definition) is 2. The summed E-state index contributed by atoms with van der Waals surface area (Å²) in [5.74, 6) is 0.931. The number of carbonyl (C=O) groups is 1. The van der Waals surface area contributed by atoms with Crippen LogP contribution in [0.2, 0.25) is 0 Å². The second kappa shape index (κ2) is 6.14. The van der Waals surface area contributed by atoms with Gasteiger partial charge in [-0.25, -0.2) is 0 Å². The molecule has 1 atom stereocenters. The zero-order chi connectivity index (χ0) is 10.4. The van der Waals surface area contributed by atoms with Crippen LogP contribution < -0.4 is 5.73 Å². The Morgan fingerprint density at radius 2 is 1.69 bits per heavy atom. The van der Waals surface area contributed by atoms with Crippen molar-refractivity contribution in [1.29, 1.82) is 0 Å². The van der Waals surface area contributed by atoms with Crippen LogP contribution in [0.3, 0.4) is 0 Å². The average molecular weight is 185 g/mol. The van der Waals surface area contributed by atoms with Crippen LogP contribution in [-0.2, 0) is 4.79 Å². The van der Waals surface area contributed by atoms with Gasteiger partial charge in [-0.1, -0.05) is 27.7 Å². The Hall–Kier alpha value is -0.370. The summed E-state index contributed by atoms with van der Waals surface area (Å²) < 4.78 is 0. The van der Waals surface area contributed by atoms with Gasteiger partial charge < -0.3 is 5.73 Å². The van der Waals surface area contributed by atoms with E-state index in [0.29, 0.717) is 5.92 Å². The van der Waals surface area contributed by atoms with Gasteiger partial charge in [-0.2, -0.15) is 0 Å². The first kappa shape index (κ1) is 12.6. The molecule has 0 heterocycles. The normalized spacial score (nSPS) is 13.8. The SMILES string of the molecule is CCC(CC)C(=O)C(N)CC(C)C. The Kier molecular flexibility index (Phi) is 5.97. The first-order valence-electron chi connectivity index (χ1n) is 5.32. The summed E-state index contributed by atoms with van der Waals surface area (Å²) in [5.41, 5.74) is 5.82. The monoisotopic (exact) mass is 185 g/mol. The lowest BCUT2D eigenvalue weighted by Crippen LogP contribution is -2.36. The lowest BCUT2D eigenvalue weighted by atomic mass is 9.90. The highest BCUT2D eigenvalue weighted by atomic mass is 16.1. The van der Waals surface area contributed by atoms with Crippen molar-refractivity contribution in [3.05, 3.63) is 0 Å². The number of nitrogens with two attached hydrogens (primary N) is 1. The minimum atomic E-state index is -0.245. The van der Waals surface area contributed by atoms with Gasteiger partial charge in [0.1, 0.15) is 0 Å². The Bertz CT molecular complexity index is 150. The van der Waals surface area contributed by atoms with E-state index in [-0.39, 0.29) is 17.7 Å². The topological polar surface area (TPSA) is 43.1 Å². The smallest absolute Gasteiger partial charge is 0.152 e. The van der Waals surface area contributed by atoms with Crippen LogP contribution >= 0.6 is 0 Å². The molecule has 0 rings (SSSR count).